The lowest BCUT2D eigenvalue weighted by molar-refractivity contribution is -0.143. The van der Waals surface area contributed by atoms with Gasteiger partial charge in [-0.25, -0.2) is 0 Å². The molecule has 26 heavy (non-hydrogen) atoms. The molecule has 0 atom stereocenters. The van der Waals surface area contributed by atoms with E-state index in [9.17, 15) is 9.59 Å². The van der Waals surface area contributed by atoms with Crippen molar-refractivity contribution in [3.63, 3.8) is 0 Å². The highest BCUT2D eigenvalue weighted by Crippen LogP contribution is 2.36. The molecule has 0 aromatic heterocycles. The summed E-state index contributed by atoms with van der Waals surface area (Å²) in [5.41, 5.74) is 0.337. The molecule has 0 amide bonds. The largest absolute Gasteiger partial charge is 0.452 e. The summed E-state index contributed by atoms with van der Waals surface area (Å²) in [6.07, 6.45) is 1.54. The number of ketones is 1. The number of hydrogen-bond donors (Lipinski definition) is 0. The summed E-state index contributed by atoms with van der Waals surface area (Å²) >= 11 is 12.2. The van der Waals surface area contributed by atoms with Crippen molar-refractivity contribution < 1.29 is 19.1 Å². The predicted octanol–water partition coefficient (Wildman–Crippen LogP) is 5.56. The number of hydrogen-bond acceptors (Lipinski definition) is 4. The molecule has 6 heteroatoms. The van der Waals surface area contributed by atoms with Crippen LogP contribution in [-0.4, -0.2) is 11.8 Å². The van der Waals surface area contributed by atoms with Gasteiger partial charge < -0.3 is 9.47 Å². The van der Waals surface area contributed by atoms with Gasteiger partial charge in [-0.1, -0.05) is 35.3 Å². The van der Waals surface area contributed by atoms with Crippen LogP contribution >= 0.6 is 23.2 Å². The fourth-order valence-electron chi connectivity index (χ4n) is 2.26. The van der Waals surface area contributed by atoms with Crippen LogP contribution in [0.25, 0.3) is 6.08 Å². The van der Waals surface area contributed by atoms with Gasteiger partial charge in [0.2, 0.25) is 5.78 Å². The molecule has 0 fully saturated rings. The van der Waals surface area contributed by atoms with Crippen molar-refractivity contribution in [2.75, 3.05) is 0 Å². The molecule has 0 saturated heterocycles. The molecular weight excluding hydrogens is 375 g/mol. The minimum absolute atomic E-state index is 0.128. The first-order valence-electron chi connectivity index (χ1n) is 7.91. The van der Waals surface area contributed by atoms with Crippen LogP contribution in [0.15, 0.2) is 42.2 Å². The maximum Gasteiger partial charge on any atom is 0.316 e. The smallest absolute Gasteiger partial charge is 0.316 e. The van der Waals surface area contributed by atoms with Crippen LogP contribution in [0.2, 0.25) is 10.0 Å². The summed E-state index contributed by atoms with van der Waals surface area (Å²) in [6, 6.07) is 9.79. The van der Waals surface area contributed by atoms with Crippen molar-refractivity contribution in [3.05, 3.63) is 63.3 Å². The Morgan fingerprint density at radius 3 is 2.58 bits per heavy atom. The van der Waals surface area contributed by atoms with Crippen molar-refractivity contribution >= 4 is 41.0 Å². The molecule has 2 aromatic rings. The van der Waals surface area contributed by atoms with E-state index in [0.29, 0.717) is 32.7 Å². The Kier molecular flexibility index (Phi) is 4.82. The van der Waals surface area contributed by atoms with E-state index in [1.54, 1.807) is 51.1 Å². The van der Waals surface area contributed by atoms with Gasteiger partial charge in [-0.3, -0.25) is 9.59 Å². The average Bonchev–Trinajstić information content (AvgIpc) is 2.86. The molecule has 4 nitrogen and oxygen atoms in total. The zero-order chi connectivity index (χ0) is 19.1. The molecule has 0 aliphatic carbocycles. The highest BCUT2D eigenvalue weighted by Gasteiger charge is 2.29. The van der Waals surface area contributed by atoms with Gasteiger partial charge in [-0.05, 0) is 50.6 Å². The van der Waals surface area contributed by atoms with Gasteiger partial charge >= 0.3 is 5.97 Å². The van der Waals surface area contributed by atoms with Gasteiger partial charge in [0.05, 0.1) is 21.0 Å². The summed E-state index contributed by atoms with van der Waals surface area (Å²) in [5, 5.41) is 0.731. The molecule has 0 N–H and O–H groups in total. The standard InChI is InChI=1S/C20H16Cl2O4/c1-20(2,3)19(24)25-12-7-8-13-15(10-12)26-16(18(13)23)9-11-5-4-6-14(21)17(11)22/h4-10H,1-3H3/b16-9-. The quantitative estimate of drug-likeness (QED) is 0.382. The Morgan fingerprint density at radius 1 is 1.15 bits per heavy atom. The van der Waals surface area contributed by atoms with Gasteiger partial charge in [0.25, 0.3) is 0 Å². The predicted molar refractivity (Wildman–Crippen MR) is 101 cm³/mol. The number of fused-ring (bicyclic) bond motifs is 1. The summed E-state index contributed by atoms with van der Waals surface area (Å²) < 4.78 is 11.0. The fourth-order valence-corrected chi connectivity index (χ4v) is 2.63. The first-order valence-corrected chi connectivity index (χ1v) is 8.67. The number of halogens is 2. The van der Waals surface area contributed by atoms with E-state index >= 15 is 0 Å². The van der Waals surface area contributed by atoms with Crippen LogP contribution in [0.1, 0.15) is 36.7 Å². The second-order valence-electron chi connectivity index (χ2n) is 6.88. The van der Waals surface area contributed by atoms with E-state index < -0.39 is 5.41 Å². The zero-order valence-corrected chi connectivity index (χ0v) is 15.9. The number of ether oxygens (including phenoxy) is 2. The van der Waals surface area contributed by atoms with E-state index in [-0.39, 0.29) is 17.5 Å². The molecule has 1 aliphatic rings. The zero-order valence-electron chi connectivity index (χ0n) is 14.4. The van der Waals surface area contributed by atoms with Crippen molar-refractivity contribution in [1.29, 1.82) is 0 Å². The first-order chi connectivity index (χ1) is 12.2. The fraction of sp³-hybridized carbons (Fsp3) is 0.200. The van der Waals surface area contributed by atoms with Crippen molar-refractivity contribution in [1.82, 2.24) is 0 Å². The van der Waals surface area contributed by atoms with Crippen LogP contribution in [-0.2, 0) is 4.79 Å². The lowest BCUT2D eigenvalue weighted by Crippen LogP contribution is -2.25. The average molecular weight is 391 g/mol. The van der Waals surface area contributed by atoms with Crippen LogP contribution in [0.4, 0.5) is 0 Å². The lowest BCUT2D eigenvalue weighted by Gasteiger charge is -2.16. The van der Waals surface area contributed by atoms with Crippen LogP contribution < -0.4 is 9.47 Å². The Balaban J connectivity index is 1.88. The normalized spacial score (nSPS) is 15.0. The van der Waals surface area contributed by atoms with Crippen molar-refractivity contribution in [2.24, 2.45) is 5.41 Å². The number of Topliss-reactive ketones (excluding diaryl/α,β-unsaturated/α-hetero) is 1. The summed E-state index contributed by atoms with van der Waals surface area (Å²) in [6.45, 7) is 5.29. The molecule has 3 rings (SSSR count). The monoisotopic (exact) mass is 390 g/mol. The SMILES string of the molecule is CC(C)(C)C(=O)Oc1ccc2c(c1)O/C(=C\c1cccc(Cl)c1Cl)C2=O. The van der Waals surface area contributed by atoms with E-state index in [1.807, 2.05) is 0 Å². The molecule has 0 saturated carbocycles. The highest BCUT2D eigenvalue weighted by atomic mass is 35.5. The maximum absolute atomic E-state index is 12.5. The summed E-state index contributed by atoms with van der Waals surface area (Å²) in [7, 11) is 0. The van der Waals surface area contributed by atoms with Crippen molar-refractivity contribution in [2.45, 2.75) is 20.8 Å². The van der Waals surface area contributed by atoms with E-state index in [1.165, 1.54) is 12.1 Å². The molecule has 0 bridgehead atoms. The first kappa shape index (κ1) is 18.5. The molecule has 0 spiro atoms. The third-order valence-corrected chi connectivity index (χ3v) is 4.57. The molecule has 134 valence electrons. The third kappa shape index (κ3) is 3.62. The summed E-state index contributed by atoms with van der Waals surface area (Å²) in [4.78, 5) is 24.5. The van der Waals surface area contributed by atoms with Gasteiger partial charge in [0.1, 0.15) is 11.5 Å². The minimum Gasteiger partial charge on any atom is -0.452 e. The van der Waals surface area contributed by atoms with E-state index in [2.05, 4.69) is 0 Å². The summed E-state index contributed by atoms with van der Waals surface area (Å²) in [5.74, 6) is 0.133. The van der Waals surface area contributed by atoms with Gasteiger partial charge in [-0.15, -0.1) is 0 Å². The van der Waals surface area contributed by atoms with Crippen molar-refractivity contribution in [3.8, 4) is 11.5 Å². The van der Waals surface area contributed by atoms with E-state index in [4.69, 9.17) is 32.7 Å². The second kappa shape index (κ2) is 6.78. The molecule has 1 heterocycles. The Hall–Kier alpha value is -2.30. The molecule has 0 radical (unpaired) electrons. The Bertz CT molecular complexity index is 939. The minimum atomic E-state index is -0.635. The Labute approximate surface area is 161 Å². The number of benzene rings is 2. The molecule has 1 aliphatic heterocycles. The van der Waals surface area contributed by atoms with Crippen LogP contribution in [0, 0.1) is 5.41 Å². The topological polar surface area (TPSA) is 52.6 Å². The van der Waals surface area contributed by atoms with Gasteiger partial charge in [0.15, 0.2) is 5.76 Å². The third-order valence-electron chi connectivity index (χ3n) is 3.73. The highest BCUT2D eigenvalue weighted by molar-refractivity contribution is 6.43. The number of rotatable bonds is 2. The lowest BCUT2D eigenvalue weighted by atomic mass is 9.97. The van der Waals surface area contributed by atoms with E-state index in [0.717, 1.165) is 0 Å². The van der Waals surface area contributed by atoms with Crippen LogP contribution in [0.3, 0.4) is 0 Å². The number of carbonyl (C=O) groups is 2. The molecular formula is C20H16Cl2O4. The second-order valence-corrected chi connectivity index (χ2v) is 7.67. The van der Waals surface area contributed by atoms with Gasteiger partial charge in [-0.2, -0.15) is 0 Å². The van der Waals surface area contributed by atoms with Crippen LogP contribution in [0.5, 0.6) is 11.5 Å². The number of allylic oxidation sites excluding steroid dienone is 1. The Morgan fingerprint density at radius 2 is 1.88 bits per heavy atom. The molecule has 2 aromatic carbocycles. The maximum atomic E-state index is 12.5. The van der Waals surface area contributed by atoms with Gasteiger partial charge in [0, 0.05) is 6.07 Å². The molecule has 0 unspecified atom stereocenters. The number of esters is 1. The number of carbonyl (C=O) groups excluding carboxylic acids is 2.